The predicted molar refractivity (Wildman–Crippen MR) is 111 cm³/mol. The molecule has 0 radical (unpaired) electrons. The first-order valence-electron chi connectivity index (χ1n) is 9.44. The molecule has 1 fully saturated rings. The Bertz CT molecular complexity index is 1040. The van der Waals surface area contributed by atoms with Crippen LogP contribution in [-0.2, 0) is 16.6 Å². The average Bonchev–Trinajstić information content (AvgIpc) is 3.20. The lowest BCUT2D eigenvalue weighted by atomic mass is 9.97. The number of nitrogens with one attached hydrogen (secondary N) is 1. The fourth-order valence-electron chi connectivity index (χ4n) is 3.75. The van der Waals surface area contributed by atoms with E-state index in [9.17, 15) is 8.42 Å². The summed E-state index contributed by atoms with van der Waals surface area (Å²) in [5.74, 6) is 1.30. The summed E-state index contributed by atoms with van der Waals surface area (Å²) in [5, 5.41) is 1.95. The molecule has 0 aliphatic carbocycles. The maximum Gasteiger partial charge on any atom is 0.241 e. The molecule has 148 valence electrons. The number of hydrogen-bond donors (Lipinski definition) is 1. The summed E-state index contributed by atoms with van der Waals surface area (Å²) < 4.78 is 34.0. The summed E-state index contributed by atoms with van der Waals surface area (Å²) in [6.45, 7) is 3.14. The lowest BCUT2D eigenvalue weighted by Gasteiger charge is -2.31. The van der Waals surface area contributed by atoms with E-state index in [0.29, 0.717) is 22.9 Å². The first-order chi connectivity index (χ1) is 13.5. The molecular formula is C21H23ClN2O3S. The molecule has 1 aliphatic heterocycles. The van der Waals surface area contributed by atoms with Crippen molar-refractivity contribution in [1.82, 2.24) is 9.62 Å². The molecule has 3 aromatic rings. The topological polar surface area (TPSA) is 62.6 Å². The highest BCUT2D eigenvalue weighted by atomic mass is 35.5. The number of piperidine rings is 1. The van der Waals surface area contributed by atoms with Crippen LogP contribution in [0.4, 0.5) is 0 Å². The van der Waals surface area contributed by atoms with Crippen LogP contribution in [0.15, 0.2) is 64.1 Å². The summed E-state index contributed by atoms with van der Waals surface area (Å²) in [6, 6.07) is 14.4. The number of halogens is 1. The Hall–Kier alpha value is -1.86. The second-order valence-corrected chi connectivity index (χ2v) is 9.38. The van der Waals surface area contributed by atoms with Crippen LogP contribution in [0.2, 0.25) is 5.02 Å². The number of nitrogens with zero attached hydrogens (tertiary/aromatic N) is 1. The van der Waals surface area contributed by atoms with Crippen LogP contribution in [-0.4, -0.2) is 33.0 Å². The van der Waals surface area contributed by atoms with Crippen LogP contribution in [0.3, 0.4) is 0 Å². The maximum atomic E-state index is 12.9. The first kappa shape index (κ1) is 19.5. The Kier molecular flexibility index (Phi) is 5.73. The van der Waals surface area contributed by atoms with Crippen LogP contribution in [0, 0.1) is 5.92 Å². The molecule has 28 heavy (non-hydrogen) atoms. The molecule has 0 spiro atoms. The molecule has 0 unspecified atom stereocenters. The third-order valence-electron chi connectivity index (χ3n) is 5.35. The quantitative estimate of drug-likeness (QED) is 0.649. The van der Waals surface area contributed by atoms with Crippen molar-refractivity contribution in [2.75, 3.05) is 19.6 Å². The largest absolute Gasteiger partial charge is 0.468 e. The normalized spacial score (nSPS) is 16.6. The molecule has 0 atom stereocenters. The molecule has 1 aromatic heterocycles. The number of fused-ring (bicyclic) bond motifs is 1. The van der Waals surface area contributed by atoms with Gasteiger partial charge in [0.25, 0.3) is 0 Å². The number of furan rings is 1. The number of rotatable bonds is 6. The molecule has 2 heterocycles. The monoisotopic (exact) mass is 418 g/mol. The Morgan fingerprint density at radius 3 is 2.54 bits per heavy atom. The van der Waals surface area contributed by atoms with E-state index in [-0.39, 0.29) is 4.90 Å². The van der Waals surface area contributed by atoms with Crippen LogP contribution < -0.4 is 4.72 Å². The molecule has 1 saturated heterocycles. The van der Waals surface area contributed by atoms with E-state index in [2.05, 4.69) is 9.62 Å². The first-order valence-corrected chi connectivity index (χ1v) is 11.3. The van der Waals surface area contributed by atoms with E-state index < -0.39 is 10.0 Å². The molecule has 1 aliphatic rings. The average molecular weight is 419 g/mol. The Morgan fingerprint density at radius 1 is 1.04 bits per heavy atom. The summed E-state index contributed by atoms with van der Waals surface area (Å²) >= 11 is 6.22. The minimum atomic E-state index is -3.59. The highest BCUT2D eigenvalue weighted by molar-refractivity contribution is 7.89. The molecule has 0 bridgehead atoms. The smallest absolute Gasteiger partial charge is 0.241 e. The van der Waals surface area contributed by atoms with E-state index >= 15 is 0 Å². The van der Waals surface area contributed by atoms with Crippen molar-refractivity contribution in [3.05, 3.63) is 65.6 Å². The predicted octanol–water partition coefficient (Wildman–Crippen LogP) is 4.28. The molecular weight excluding hydrogens is 396 g/mol. The van der Waals surface area contributed by atoms with Crippen molar-refractivity contribution in [2.24, 2.45) is 5.92 Å². The molecule has 5 nitrogen and oxygen atoms in total. The van der Waals surface area contributed by atoms with E-state index in [1.165, 1.54) is 0 Å². The van der Waals surface area contributed by atoms with Crippen molar-refractivity contribution in [3.8, 4) is 0 Å². The Labute approximate surface area is 170 Å². The van der Waals surface area contributed by atoms with E-state index in [1.807, 2.05) is 18.2 Å². The van der Waals surface area contributed by atoms with Gasteiger partial charge in [0.2, 0.25) is 10.0 Å². The van der Waals surface area contributed by atoms with Gasteiger partial charge in [-0.3, -0.25) is 4.90 Å². The van der Waals surface area contributed by atoms with Gasteiger partial charge in [-0.15, -0.1) is 0 Å². The van der Waals surface area contributed by atoms with E-state index in [1.54, 1.807) is 36.6 Å². The van der Waals surface area contributed by atoms with Crippen LogP contribution in [0.1, 0.15) is 18.6 Å². The molecule has 2 aromatic carbocycles. The van der Waals surface area contributed by atoms with Gasteiger partial charge in [-0.05, 0) is 56.1 Å². The van der Waals surface area contributed by atoms with Crippen LogP contribution >= 0.6 is 11.6 Å². The zero-order chi connectivity index (χ0) is 19.6. The van der Waals surface area contributed by atoms with Crippen molar-refractivity contribution in [2.45, 2.75) is 24.3 Å². The van der Waals surface area contributed by atoms with Crippen molar-refractivity contribution >= 4 is 32.4 Å². The van der Waals surface area contributed by atoms with Gasteiger partial charge in [0, 0.05) is 22.3 Å². The molecule has 0 amide bonds. The minimum absolute atomic E-state index is 0.280. The van der Waals surface area contributed by atoms with E-state index in [0.717, 1.165) is 43.6 Å². The van der Waals surface area contributed by atoms with Gasteiger partial charge in [-0.1, -0.05) is 35.9 Å². The standard InChI is InChI=1S/C21H23ClN2O3S/c22-20-7-1-6-19-18(20)5-2-8-21(19)28(25,26)23-14-16-9-11-24(12-10-16)15-17-4-3-13-27-17/h1-8,13,16,23H,9-12,14-15H2. The molecule has 0 saturated carbocycles. The van der Waals surface area contributed by atoms with Gasteiger partial charge in [-0.2, -0.15) is 0 Å². The Balaban J connectivity index is 1.38. The van der Waals surface area contributed by atoms with E-state index in [4.69, 9.17) is 16.0 Å². The third kappa shape index (κ3) is 4.25. The highest BCUT2D eigenvalue weighted by Crippen LogP contribution is 2.28. The number of sulfonamides is 1. The Morgan fingerprint density at radius 2 is 1.79 bits per heavy atom. The van der Waals surface area contributed by atoms with Gasteiger partial charge in [0.05, 0.1) is 17.7 Å². The molecule has 4 rings (SSSR count). The molecule has 1 N–H and O–H groups in total. The van der Waals surface area contributed by atoms with Gasteiger partial charge >= 0.3 is 0 Å². The van der Waals surface area contributed by atoms with Crippen molar-refractivity contribution in [3.63, 3.8) is 0 Å². The SMILES string of the molecule is O=S(=O)(NCC1CCN(Cc2ccco2)CC1)c1cccc2c(Cl)cccc12. The van der Waals surface area contributed by atoms with Crippen molar-refractivity contribution in [1.29, 1.82) is 0 Å². The zero-order valence-corrected chi connectivity index (χ0v) is 17.0. The summed E-state index contributed by atoms with van der Waals surface area (Å²) in [4.78, 5) is 2.62. The second kappa shape index (κ2) is 8.25. The van der Waals surface area contributed by atoms with Gasteiger partial charge in [0.1, 0.15) is 5.76 Å². The highest BCUT2D eigenvalue weighted by Gasteiger charge is 2.23. The van der Waals surface area contributed by atoms with Gasteiger partial charge in [0.15, 0.2) is 0 Å². The minimum Gasteiger partial charge on any atom is -0.468 e. The number of benzene rings is 2. The lowest BCUT2D eigenvalue weighted by molar-refractivity contribution is 0.168. The fraction of sp³-hybridized carbons (Fsp3) is 0.333. The summed E-state index contributed by atoms with van der Waals surface area (Å²) in [5.41, 5.74) is 0. The van der Waals surface area contributed by atoms with Gasteiger partial charge in [-0.25, -0.2) is 13.1 Å². The maximum absolute atomic E-state index is 12.9. The second-order valence-electron chi connectivity index (χ2n) is 7.24. The van der Waals surface area contributed by atoms with Gasteiger partial charge < -0.3 is 4.42 Å². The summed E-state index contributed by atoms with van der Waals surface area (Å²) in [7, 11) is -3.59. The fourth-order valence-corrected chi connectivity index (χ4v) is 5.33. The zero-order valence-electron chi connectivity index (χ0n) is 15.5. The molecule has 7 heteroatoms. The summed E-state index contributed by atoms with van der Waals surface area (Å²) in [6.07, 6.45) is 3.62. The lowest BCUT2D eigenvalue weighted by Crippen LogP contribution is -2.38. The van der Waals surface area contributed by atoms with Crippen molar-refractivity contribution < 1.29 is 12.8 Å². The third-order valence-corrected chi connectivity index (χ3v) is 7.16. The van der Waals surface area contributed by atoms with Crippen LogP contribution in [0.25, 0.3) is 10.8 Å². The number of hydrogen-bond acceptors (Lipinski definition) is 4. The van der Waals surface area contributed by atoms with Crippen LogP contribution in [0.5, 0.6) is 0 Å². The number of likely N-dealkylation sites (tertiary alicyclic amines) is 1.